The van der Waals surface area contributed by atoms with Gasteiger partial charge in [0.05, 0.1) is 5.56 Å². The Morgan fingerprint density at radius 3 is 2.79 bits per heavy atom. The van der Waals surface area contributed by atoms with Crippen molar-refractivity contribution < 1.29 is 4.79 Å². The van der Waals surface area contributed by atoms with Gasteiger partial charge in [-0.2, -0.15) is 0 Å². The van der Waals surface area contributed by atoms with E-state index in [1.807, 2.05) is 6.92 Å². The number of carbonyl (C=O) groups excluding carboxylic acids is 1. The van der Waals surface area contributed by atoms with Crippen molar-refractivity contribution in [2.24, 2.45) is 5.73 Å². The Kier molecular flexibility index (Phi) is 3.35. The zero-order valence-corrected chi connectivity index (χ0v) is 8.39. The van der Waals surface area contributed by atoms with E-state index in [0.29, 0.717) is 5.56 Å². The van der Waals surface area contributed by atoms with Gasteiger partial charge in [-0.25, -0.2) is 0 Å². The van der Waals surface area contributed by atoms with Crippen LogP contribution in [0, 0.1) is 6.92 Å². The van der Waals surface area contributed by atoms with Gasteiger partial charge in [0.2, 0.25) is 0 Å². The molecule has 0 aliphatic carbocycles. The standard InChI is InChI=1S/C8H10N4OS/c1-5-2-6(4-10-3-5)7(13)11-12-8(9)14/h2-4H,1H3,(H,11,13)(H3,9,12,14). The van der Waals surface area contributed by atoms with Crippen LogP contribution in [0.1, 0.15) is 15.9 Å². The Morgan fingerprint density at radius 1 is 1.50 bits per heavy atom. The summed E-state index contributed by atoms with van der Waals surface area (Å²) >= 11 is 4.53. The fourth-order valence-corrected chi connectivity index (χ4v) is 0.921. The molecule has 1 rings (SSSR count). The first-order valence-electron chi connectivity index (χ1n) is 3.87. The zero-order valence-electron chi connectivity index (χ0n) is 7.57. The normalized spacial score (nSPS) is 9.21. The van der Waals surface area contributed by atoms with E-state index in [1.54, 1.807) is 12.3 Å². The van der Waals surface area contributed by atoms with Gasteiger partial charge in [0.1, 0.15) is 0 Å². The van der Waals surface area contributed by atoms with Gasteiger partial charge in [-0.1, -0.05) is 0 Å². The van der Waals surface area contributed by atoms with Gasteiger partial charge in [0.15, 0.2) is 5.11 Å². The summed E-state index contributed by atoms with van der Waals surface area (Å²) < 4.78 is 0. The summed E-state index contributed by atoms with van der Waals surface area (Å²) in [5.74, 6) is -0.325. The molecule has 0 aliphatic rings. The molecule has 0 radical (unpaired) electrons. The van der Waals surface area contributed by atoms with E-state index in [2.05, 4.69) is 28.1 Å². The lowest BCUT2D eigenvalue weighted by atomic mass is 10.2. The predicted octanol–water partition coefficient (Wildman–Crippen LogP) is -0.132. The van der Waals surface area contributed by atoms with Crippen LogP contribution in [-0.4, -0.2) is 16.0 Å². The van der Waals surface area contributed by atoms with Crippen molar-refractivity contribution in [2.45, 2.75) is 6.92 Å². The third kappa shape index (κ3) is 2.98. The second-order valence-corrected chi connectivity index (χ2v) is 3.13. The van der Waals surface area contributed by atoms with Crippen LogP contribution in [-0.2, 0) is 0 Å². The number of nitrogens with zero attached hydrogens (tertiary/aromatic N) is 1. The highest BCUT2D eigenvalue weighted by Crippen LogP contribution is 1.99. The number of pyridine rings is 1. The van der Waals surface area contributed by atoms with Crippen LogP contribution in [0.2, 0.25) is 0 Å². The van der Waals surface area contributed by atoms with E-state index < -0.39 is 0 Å². The molecule has 0 aliphatic heterocycles. The maximum atomic E-state index is 11.4. The molecule has 0 saturated heterocycles. The molecule has 1 aromatic rings. The fourth-order valence-electron chi connectivity index (χ4n) is 0.870. The van der Waals surface area contributed by atoms with Crippen molar-refractivity contribution in [1.29, 1.82) is 0 Å². The number of hydrogen-bond donors (Lipinski definition) is 3. The van der Waals surface area contributed by atoms with Gasteiger partial charge < -0.3 is 5.73 Å². The van der Waals surface area contributed by atoms with Crippen LogP contribution in [0.15, 0.2) is 18.5 Å². The summed E-state index contributed by atoms with van der Waals surface area (Å²) in [7, 11) is 0. The van der Waals surface area contributed by atoms with Crippen LogP contribution in [0.4, 0.5) is 0 Å². The summed E-state index contributed by atoms with van der Waals surface area (Å²) in [5, 5.41) is 0.0129. The summed E-state index contributed by atoms with van der Waals surface area (Å²) in [4.78, 5) is 15.3. The molecule has 74 valence electrons. The highest BCUT2D eigenvalue weighted by molar-refractivity contribution is 7.80. The summed E-state index contributed by atoms with van der Waals surface area (Å²) in [6.45, 7) is 1.85. The molecule has 0 unspecified atom stereocenters. The number of hydrogen-bond acceptors (Lipinski definition) is 3. The molecule has 4 N–H and O–H groups in total. The lowest BCUT2D eigenvalue weighted by Crippen LogP contribution is -2.44. The number of hydrazine groups is 1. The molecule has 0 spiro atoms. The third-order valence-electron chi connectivity index (χ3n) is 1.44. The van der Waals surface area contributed by atoms with Gasteiger partial charge in [-0.05, 0) is 30.8 Å². The number of aryl methyl sites for hydroxylation is 1. The van der Waals surface area contributed by atoms with E-state index in [1.165, 1.54) is 6.20 Å². The monoisotopic (exact) mass is 210 g/mol. The molecule has 0 saturated carbocycles. The minimum atomic E-state index is -0.325. The smallest absolute Gasteiger partial charge is 0.271 e. The first-order valence-corrected chi connectivity index (χ1v) is 4.28. The fraction of sp³-hybridized carbons (Fsp3) is 0.125. The first kappa shape index (κ1) is 10.4. The SMILES string of the molecule is Cc1cncc(C(=O)NNC(N)=S)c1. The molecule has 5 nitrogen and oxygen atoms in total. The van der Waals surface area contributed by atoms with Gasteiger partial charge in [-0.3, -0.25) is 20.6 Å². The molecule has 14 heavy (non-hydrogen) atoms. The van der Waals surface area contributed by atoms with Crippen molar-refractivity contribution in [3.8, 4) is 0 Å². The molecule has 0 bridgehead atoms. The van der Waals surface area contributed by atoms with E-state index >= 15 is 0 Å². The van der Waals surface area contributed by atoms with Crippen LogP contribution in [0.25, 0.3) is 0 Å². The average molecular weight is 210 g/mol. The quantitative estimate of drug-likeness (QED) is 0.444. The highest BCUT2D eigenvalue weighted by Gasteiger charge is 2.04. The predicted molar refractivity (Wildman–Crippen MR) is 56.4 cm³/mol. The summed E-state index contributed by atoms with van der Waals surface area (Å²) in [5.41, 5.74) is 11.2. The number of carbonyl (C=O) groups is 1. The summed E-state index contributed by atoms with van der Waals surface area (Å²) in [6.07, 6.45) is 3.13. The van der Waals surface area contributed by atoms with Gasteiger partial charge in [-0.15, -0.1) is 0 Å². The maximum absolute atomic E-state index is 11.4. The second kappa shape index (κ2) is 4.52. The van der Waals surface area contributed by atoms with Crippen LogP contribution in [0.3, 0.4) is 0 Å². The van der Waals surface area contributed by atoms with Crippen LogP contribution in [0.5, 0.6) is 0 Å². The van der Waals surface area contributed by atoms with E-state index in [0.717, 1.165) is 5.56 Å². The molecular formula is C8H10N4OS. The Labute approximate surface area is 86.7 Å². The number of nitrogens with two attached hydrogens (primary N) is 1. The van der Waals surface area contributed by atoms with Crippen molar-refractivity contribution in [1.82, 2.24) is 15.8 Å². The molecule has 1 aromatic heterocycles. The minimum Gasteiger partial charge on any atom is -0.375 e. The van der Waals surface area contributed by atoms with Gasteiger partial charge >= 0.3 is 0 Å². The van der Waals surface area contributed by atoms with Crippen molar-refractivity contribution >= 4 is 23.2 Å². The number of aromatic nitrogens is 1. The van der Waals surface area contributed by atoms with Gasteiger partial charge in [0.25, 0.3) is 5.91 Å². The number of rotatable bonds is 1. The lowest BCUT2D eigenvalue weighted by Gasteiger charge is -2.05. The van der Waals surface area contributed by atoms with Crippen LogP contribution < -0.4 is 16.6 Å². The Morgan fingerprint density at radius 2 is 2.21 bits per heavy atom. The van der Waals surface area contributed by atoms with E-state index in [9.17, 15) is 4.79 Å². The number of thiocarbonyl (C=S) groups is 1. The number of amides is 1. The van der Waals surface area contributed by atoms with Gasteiger partial charge in [0, 0.05) is 12.4 Å². The molecule has 0 aromatic carbocycles. The lowest BCUT2D eigenvalue weighted by molar-refractivity contribution is 0.0943. The summed E-state index contributed by atoms with van der Waals surface area (Å²) in [6, 6.07) is 1.71. The largest absolute Gasteiger partial charge is 0.375 e. The molecule has 1 amide bonds. The maximum Gasteiger partial charge on any atom is 0.271 e. The Balaban J connectivity index is 2.65. The number of nitrogens with one attached hydrogen (secondary N) is 2. The average Bonchev–Trinajstić information content (AvgIpc) is 2.14. The second-order valence-electron chi connectivity index (χ2n) is 2.69. The molecular weight excluding hydrogens is 200 g/mol. The van der Waals surface area contributed by atoms with Crippen molar-refractivity contribution in [2.75, 3.05) is 0 Å². The molecule has 1 heterocycles. The molecule has 0 fully saturated rings. The van der Waals surface area contributed by atoms with Crippen molar-refractivity contribution in [3.63, 3.8) is 0 Å². The first-order chi connectivity index (χ1) is 6.59. The Bertz CT molecular complexity index is 366. The van der Waals surface area contributed by atoms with Crippen LogP contribution >= 0.6 is 12.2 Å². The van der Waals surface area contributed by atoms with Crippen molar-refractivity contribution in [3.05, 3.63) is 29.6 Å². The topological polar surface area (TPSA) is 80.0 Å². The third-order valence-corrected chi connectivity index (χ3v) is 1.54. The zero-order chi connectivity index (χ0) is 10.6. The minimum absolute atomic E-state index is 0.0129. The van der Waals surface area contributed by atoms with E-state index in [4.69, 9.17) is 5.73 Å². The highest BCUT2D eigenvalue weighted by atomic mass is 32.1. The molecule has 6 heteroatoms. The van der Waals surface area contributed by atoms with E-state index in [-0.39, 0.29) is 11.0 Å². The Hall–Kier alpha value is -1.69. The molecule has 0 atom stereocenters.